The molecule has 1 rings (SSSR count). The Hall–Kier alpha value is 1.77. The Morgan fingerprint density at radius 2 is 1.94 bits per heavy atom. The number of hydrogen-bond donors (Lipinski definition) is 3. The molecule has 0 saturated carbocycles. The van der Waals surface area contributed by atoms with Gasteiger partial charge in [-0.1, -0.05) is 0 Å². The molecule has 2 atom stereocenters. The summed E-state index contributed by atoms with van der Waals surface area (Å²) in [6.45, 7) is 0. The fraction of sp³-hybridized carbons (Fsp3) is 0.800. The third kappa shape index (κ3) is 4.38. The topological polar surface area (TPSA) is 156 Å². The number of nitrogens with two attached hydrogens (primary N) is 1. The van der Waals surface area contributed by atoms with Crippen molar-refractivity contribution in [2.24, 2.45) is 5.73 Å². The van der Waals surface area contributed by atoms with E-state index in [0.29, 0.717) is 0 Å². The van der Waals surface area contributed by atoms with Gasteiger partial charge in [0, 0.05) is 6.42 Å². The fourth-order valence-electron chi connectivity index (χ4n) is 1.29. The van der Waals surface area contributed by atoms with Crippen LogP contribution in [0, 0.1) is 0 Å². The summed E-state index contributed by atoms with van der Waals surface area (Å²) in [6, 6.07) is 0. The minimum absolute atomic E-state index is 0. The van der Waals surface area contributed by atoms with Gasteiger partial charge >= 0.3 is 66.6 Å². The number of hydrogen-bond acceptors (Lipinski definition) is 6. The maximum atomic E-state index is 11.5. The van der Waals surface area contributed by atoms with Gasteiger partial charge < -0.3 is 25.0 Å². The molecule has 0 radical (unpaired) electrons. The van der Waals surface area contributed by atoms with Crippen molar-refractivity contribution < 1.29 is 87.7 Å². The molecule has 0 aromatic carbocycles. The quantitative estimate of drug-likeness (QED) is 0.321. The number of amides is 1. The standard InChI is InChI=1S/C5H12N2O6P2.2Na/c6-5(15(11,12)13)3-1-2-4(8)7-14(5,9)10;;/h1-3,6H2,(H2,11,12,13)(H2,7,8,9,10);;/q;2*+1/p-2. The molecule has 0 bridgehead atoms. The van der Waals surface area contributed by atoms with E-state index in [9.17, 15) is 28.6 Å². The molecule has 88 valence electrons. The minimum Gasteiger partial charge on any atom is -0.809 e. The Morgan fingerprint density at radius 3 is 2.35 bits per heavy atom. The Labute approximate surface area is 142 Å². The molecule has 8 nitrogen and oxygen atoms in total. The van der Waals surface area contributed by atoms with Crippen LogP contribution in [-0.4, -0.2) is 15.8 Å². The molecule has 0 aliphatic carbocycles. The summed E-state index contributed by atoms with van der Waals surface area (Å²) in [5.41, 5.74) is 5.16. The third-order valence-corrected chi connectivity index (χ3v) is 6.77. The summed E-state index contributed by atoms with van der Waals surface area (Å²) >= 11 is 0. The third-order valence-electron chi connectivity index (χ3n) is 2.22. The predicted molar refractivity (Wildman–Crippen MR) is 46.3 cm³/mol. The van der Waals surface area contributed by atoms with Crippen LogP contribution >= 0.6 is 15.1 Å². The van der Waals surface area contributed by atoms with Crippen LogP contribution in [0.5, 0.6) is 0 Å². The van der Waals surface area contributed by atoms with Gasteiger partial charge in [-0.2, -0.15) is 0 Å². The molecular weight excluding hydrogens is 292 g/mol. The minimum atomic E-state index is -5.48. The second-order valence-electron chi connectivity index (χ2n) is 3.34. The molecule has 0 aromatic rings. The van der Waals surface area contributed by atoms with Crippen molar-refractivity contribution in [3.63, 3.8) is 0 Å². The molecule has 1 heterocycles. The first-order chi connectivity index (χ1) is 6.60. The van der Waals surface area contributed by atoms with Gasteiger partial charge in [0.15, 0.2) is 0 Å². The average molecular weight is 302 g/mol. The normalized spacial score (nSPS) is 33.8. The Bertz CT molecular complexity index is 387. The van der Waals surface area contributed by atoms with Gasteiger partial charge in [-0.25, -0.2) is 0 Å². The first-order valence-electron chi connectivity index (χ1n) is 4.05. The largest absolute Gasteiger partial charge is 1.00 e. The van der Waals surface area contributed by atoms with E-state index in [-0.39, 0.29) is 72.0 Å². The van der Waals surface area contributed by atoms with Crippen LogP contribution in [0.2, 0.25) is 0 Å². The van der Waals surface area contributed by atoms with Crippen molar-refractivity contribution in [3.8, 4) is 0 Å². The van der Waals surface area contributed by atoms with Crippen molar-refractivity contribution in [3.05, 3.63) is 0 Å². The summed E-state index contributed by atoms with van der Waals surface area (Å²) in [5, 5.41) is -1.21. The van der Waals surface area contributed by atoms with Crippen LogP contribution in [0.15, 0.2) is 0 Å². The predicted octanol–water partition coefficient (Wildman–Crippen LogP) is -7.99. The first-order valence-corrected chi connectivity index (χ1v) is 7.25. The summed E-state index contributed by atoms with van der Waals surface area (Å²) in [7, 11) is -10.2. The van der Waals surface area contributed by atoms with Crippen molar-refractivity contribution in [1.82, 2.24) is 5.09 Å². The molecule has 2 unspecified atom stereocenters. The van der Waals surface area contributed by atoms with E-state index in [1.807, 2.05) is 0 Å². The molecule has 1 aliphatic heterocycles. The number of carbonyl (C=O) groups is 1. The van der Waals surface area contributed by atoms with E-state index >= 15 is 0 Å². The smallest absolute Gasteiger partial charge is 0.809 e. The monoisotopic (exact) mass is 302 g/mol. The summed E-state index contributed by atoms with van der Waals surface area (Å²) in [4.78, 5) is 41.9. The number of carbonyl (C=O) groups excluding carboxylic acids is 1. The van der Waals surface area contributed by atoms with Crippen LogP contribution in [0.25, 0.3) is 0 Å². The Kier molecular flexibility index (Phi) is 8.65. The molecule has 4 N–H and O–H groups in total. The molecule has 17 heavy (non-hydrogen) atoms. The first kappa shape index (κ1) is 21.1. The zero-order valence-corrected chi connectivity index (χ0v) is 15.4. The van der Waals surface area contributed by atoms with Crippen LogP contribution in [0.3, 0.4) is 0 Å². The zero-order chi connectivity index (χ0) is 11.9. The number of rotatable bonds is 1. The van der Waals surface area contributed by atoms with E-state index in [0.717, 1.165) is 0 Å². The van der Waals surface area contributed by atoms with Crippen molar-refractivity contribution in [2.75, 3.05) is 0 Å². The van der Waals surface area contributed by atoms with Gasteiger partial charge in [-0.15, -0.1) is 0 Å². The van der Waals surface area contributed by atoms with Crippen molar-refractivity contribution >= 4 is 21.0 Å². The molecule has 12 heteroatoms. The Balaban J connectivity index is 0. The molecular formula is C5H10N2Na2O6P2. The van der Waals surface area contributed by atoms with Crippen LogP contribution in [0.1, 0.15) is 19.3 Å². The molecule has 1 saturated heterocycles. The van der Waals surface area contributed by atoms with Gasteiger partial charge in [0.05, 0.1) is 0 Å². The van der Waals surface area contributed by atoms with Crippen molar-refractivity contribution in [1.29, 1.82) is 0 Å². The van der Waals surface area contributed by atoms with Gasteiger partial charge in [0.25, 0.3) is 0 Å². The van der Waals surface area contributed by atoms with Crippen LogP contribution in [0.4, 0.5) is 0 Å². The van der Waals surface area contributed by atoms with Crippen LogP contribution < -0.4 is 79.7 Å². The maximum Gasteiger partial charge on any atom is 1.00 e. The fourth-order valence-corrected chi connectivity index (χ4v) is 4.30. The van der Waals surface area contributed by atoms with E-state index in [1.165, 1.54) is 0 Å². The average Bonchev–Trinajstić information content (AvgIpc) is 2.08. The second kappa shape index (κ2) is 6.97. The molecule has 0 aromatic heterocycles. The van der Waals surface area contributed by atoms with Gasteiger partial charge in [-0.05, 0) is 20.4 Å². The van der Waals surface area contributed by atoms with E-state index in [1.54, 1.807) is 5.09 Å². The van der Waals surface area contributed by atoms with E-state index in [2.05, 4.69) is 0 Å². The number of nitrogens with one attached hydrogen (secondary N) is 1. The van der Waals surface area contributed by atoms with Crippen LogP contribution in [-0.2, 0) is 13.9 Å². The molecule has 1 aliphatic rings. The SMILES string of the molecule is NC1(P(=O)([O-])[O-])CCCC(=O)NP1(=O)O.[Na+].[Na+]. The van der Waals surface area contributed by atoms with Gasteiger partial charge in [0.1, 0.15) is 5.02 Å². The van der Waals surface area contributed by atoms with Gasteiger partial charge in [0.2, 0.25) is 5.91 Å². The Morgan fingerprint density at radius 1 is 1.47 bits per heavy atom. The summed E-state index contributed by atoms with van der Waals surface area (Å²) in [6.07, 6.45) is -0.672. The van der Waals surface area contributed by atoms with Gasteiger partial charge in [-0.3, -0.25) is 14.4 Å². The maximum absolute atomic E-state index is 11.5. The molecule has 1 fully saturated rings. The zero-order valence-electron chi connectivity index (χ0n) is 9.58. The summed E-state index contributed by atoms with van der Waals surface area (Å²) in [5.74, 6) is -0.790. The second-order valence-corrected chi connectivity index (χ2v) is 7.66. The summed E-state index contributed by atoms with van der Waals surface area (Å²) < 4.78 is 22.3. The van der Waals surface area contributed by atoms with Crippen molar-refractivity contribution in [2.45, 2.75) is 24.3 Å². The van der Waals surface area contributed by atoms with E-state index < -0.39 is 32.5 Å². The van der Waals surface area contributed by atoms with E-state index in [4.69, 9.17) is 5.73 Å². The molecule has 0 spiro atoms. The molecule has 1 amide bonds.